The van der Waals surface area contributed by atoms with Crippen LogP contribution >= 0.6 is 0 Å². The molecule has 5 heteroatoms. The number of esters is 1. The Balaban J connectivity index is 2.00. The second kappa shape index (κ2) is 7.56. The first kappa shape index (κ1) is 16.0. The molecule has 0 unspecified atom stereocenters. The first-order valence-electron chi connectivity index (χ1n) is 6.70. The van der Waals surface area contributed by atoms with E-state index < -0.39 is 16.7 Å². The average Bonchev–Trinajstić information content (AvgIpc) is 2.54. The Kier molecular flexibility index (Phi) is 5.49. The maximum Gasteiger partial charge on any atom is 0.334 e. The average molecular weight is 316 g/mol. The summed E-state index contributed by atoms with van der Waals surface area (Å²) in [5.74, 6) is -0.400. The van der Waals surface area contributed by atoms with Crippen LogP contribution in [0.25, 0.3) is 6.08 Å². The highest BCUT2D eigenvalue weighted by Gasteiger charge is 2.06. The first-order chi connectivity index (χ1) is 10.6. The number of ether oxygens (including phenoxy) is 1. The Bertz CT molecular complexity index is 736. The predicted molar refractivity (Wildman–Crippen MR) is 84.9 cm³/mol. The van der Waals surface area contributed by atoms with Gasteiger partial charge in [-0.1, -0.05) is 42.5 Å². The summed E-state index contributed by atoms with van der Waals surface area (Å²) in [5, 5.41) is 0. The molecule has 0 aromatic heterocycles. The Morgan fingerprint density at radius 2 is 1.68 bits per heavy atom. The quantitative estimate of drug-likeness (QED) is 0.523. The van der Waals surface area contributed by atoms with Gasteiger partial charge in [-0.25, -0.2) is 13.2 Å². The van der Waals surface area contributed by atoms with Gasteiger partial charge in [0.05, 0.1) is 4.90 Å². The maximum absolute atomic E-state index is 11.9. The molecule has 0 spiro atoms. The molecule has 2 aromatic carbocycles. The van der Waals surface area contributed by atoms with Crippen LogP contribution in [0.5, 0.6) is 0 Å². The highest BCUT2D eigenvalue weighted by molar-refractivity contribution is 7.72. The zero-order chi connectivity index (χ0) is 15.9. The lowest BCUT2D eigenvalue weighted by Gasteiger charge is -2.05. The molecule has 2 rings (SSSR count). The van der Waals surface area contributed by atoms with Crippen molar-refractivity contribution in [3.05, 3.63) is 71.3 Å². The molecule has 0 N–H and O–H groups in total. The number of carbonyl (C=O) groups is 1. The van der Waals surface area contributed by atoms with Crippen LogP contribution in [0.1, 0.15) is 18.1 Å². The molecule has 0 aliphatic rings. The Hall–Kier alpha value is -2.40. The fourth-order valence-corrected chi connectivity index (χ4v) is 2.23. The molecule has 4 nitrogen and oxygen atoms in total. The minimum Gasteiger partial charge on any atom is -0.457 e. The van der Waals surface area contributed by atoms with Crippen LogP contribution in [0.3, 0.4) is 0 Å². The molecule has 114 valence electrons. The minimum atomic E-state index is -2.58. The van der Waals surface area contributed by atoms with E-state index in [1.165, 1.54) is 12.1 Å². The van der Waals surface area contributed by atoms with Gasteiger partial charge in [0, 0.05) is 5.57 Å². The van der Waals surface area contributed by atoms with Crippen molar-refractivity contribution in [3.8, 4) is 0 Å². The van der Waals surface area contributed by atoms with Crippen LogP contribution in [-0.4, -0.2) is 14.4 Å². The third-order valence-electron chi connectivity index (χ3n) is 3.02. The van der Waals surface area contributed by atoms with Crippen molar-refractivity contribution in [1.82, 2.24) is 0 Å². The third-order valence-corrected chi connectivity index (χ3v) is 3.74. The van der Waals surface area contributed by atoms with Gasteiger partial charge in [0.2, 0.25) is 0 Å². The topological polar surface area (TPSA) is 60.4 Å². The van der Waals surface area contributed by atoms with Gasteiger partial charge >= 0.3 is 5.97 Å². The van der Waals surface area contributed by atoms with Gasteiger partial charge in [0.1, 0.15) is 6.61 Å². The van der Waals surface area contributed by atoms with E-state index in [4.69, 9.17) is 4.74 Å². The Labute approximate surface area is 131 Å². The van der Waals surface area contributed by atoms with E-state index in [-0.39, 0.29) is 11.5 Å². The smallest absolute Gasteiger partial charge is 0.334 e. The molecule has 0 saturated carbocycles. The van der Waals surface area contributed by atoms with Crippen LogP contribution in [0.2, 0.25) is 0 Å². The van der Waals surface area contributed by atoms with Gasteiger partial charge in [-0.15, -0.1) is 0 Å². The summed E-state index contributed by atoms with van der Waals surface area (Å²) < 4.78 is 26.8. The zero-order valence-electron chi connectivity index (χ0n) is 12.1. The number of hydrogen-bond donors (Lipinski definition) is 1. The fourth-order valence-electron chi connectivity index (χ4n) is 1.84. The van der Waals surface area contributed by atoms with E-state index in [1.807, 2.05) is 30.3 Å². The van der Waals surface area contributed by atoms with Crippen molar-refractivity contribution in [2.24, 2.45) is 0 Å². The van der Waals surface area contributed by atoms with E-state index in [9.17, 15) is 13.2 Å². The van der Waals surface area contributed by atoms with Gasteiger partial charge in [-0.3, -0.25) is 0 Å². The van der Waals surface area contributed by atoms with Crippen molar-refractivity contribution < 1.29 is 17.9 Å². The molecule has 0 amide bonds. The van der Waals surface area contributed by atoms with E-state index >= 15 is 0 Å². The Morgan fingerprint density at radius 1 is 1.05 bits per heavy atom. The molecule has 0 saturated heterocycles. The SMILES string of the molecule is CC(=Cc1ccc([SH](=O)=O)cc1)C(=O)OCc1ccccc1. The summed E-state index contributed by atoms with van der Waals surface area (Å²) in [6.45, 7) is 1.88. The summed E-state index contributed by atoms with van der Waals surface area (Å²) in [5.41, 5.74) is 2.12. The number of benzene rings is 2. The molecule has 0 heterocycles. The highest BCUT2D eigenvalue weighted by atomic mass is 32.2. The van der Waals surface area contributed by atoms with Gasteiger partial charge in [-0.05, 0) is 36.3 Å². The molecule has 0 atom stereocenters. The van der Waals surface area contributed by atoms with Crippen LogP contribution in [-0.2, 0) is 26.8 Å². The molecule has 0 bridgehead atoms. The molecular weight excluding hydrogens is 300 g/mol. The van der Waals surface area contributed by atoms with Crippen LogP contribution in [0.15, 0.2) is 65.1 Å². The van der Waals surface area contributed by atoms with E-state index in [1.54, 1.807) is 25.1 Å². The maximum atomic E-state index is 11.9. The Morgan fingerprint density at radius 3 is 2.27 bits per heavy atom. The van der Waals surface area contributed by atoms with Gasteiger partial charge in [0.15, 0.2) is 10.7 Å². The standard InChI is InChI=1S/C17H16O4S/c1-13(11-14-7-9-16(10-8-14)22(19)20)17(18)21-12-15-5-3-2-4-6-15/h2-11,22H,12H2,1H3. The van der Waals surface area contributed by atoms with Crippen LogP contribution < -0.4 is 0 Å². The summed E-state index contributed by atoms with van der Waals surface area (Å²) in [7, 11) is -2.58. The third kappa shape index (κ3) is 4.56. The lowest BCUT2D eigenvalue weighted by molar-refractivity contribution is -0.140. The normalized spacial score (nSPS) is 11.5. The van der Waals surface area contributed by atoms with Crippen LogP contribution in [0, 0.1) is 0 Å². The van der Waals surface area contributed by atoms with E-state index in [0.29, 0.717) is 5.57 Å². The van der Waals surface area contributed by atoms with Gasteiger partial charge in [0.25, 0.3) is 0 Å². The van der Waals surface area contributed by atoms with Crippen molar-refractivity contribution in [2.75, 3.05) is 0 Å². The van der Waals surface area contributed by atoms with Crippen molar-refractivity contribution in [3.63, 3.8) is 0 Å². The monoisotopic (exact) mass is 316 g/mol. The fraction of sp³-hybridized carbons (Fsp3) is 0.118. The van der Waals surface area contributed by atoms with Crippen molar-refractivity contribution in [1.29, 1.82) is 0 Å². The van der Waals surface area contributed by atoms with Crippen molar-refractivity contribution in [2.45, 2.75) is 18.4 Å². The number of thiol groups is 1. The van der Waals surface area contributed by atoms with E-state index in [2.05, 4.69) is 0 Å². The molecule has 2 aromatic rings. The molecule has 0 radical (unpaired) electrons. The number of carbonyl (C=O) groups excluding carboxylic acids is 1. The molecule has 0 fully saturated rings. The second-order valence-electron chi connectivity index (χ2n) is 4.74. The first-order valence-corrected chi connectivity index (χ1v) is 7.88. The van der Waals surface area contributed by atoms with Gasteiger partial charge < -0.3 is 4.74 Å². The lowest BCUT2D eigenvalue weighted by Crippen LogP contribution is -2.05. The summed E-state index contributed by atoms with van der Waals surface area (Å²) in [6.07, 6.45) is 1.66. The second-order valence-corrected chi connectivity index (χ2v) is 5.77. The number of rotatable bonds is 5. The van der Waals surface area contributed by atoms with Crippen molar-refractivity contribution >= 4 is 22.7 Å². The molecule has 0 aliphatic heterocycles. The predicted octanol–water partition coefficient (Wildman–Crippen LogP) is 2.80. The molecule has 22 heavy (non-hydrogen) atoms. The summed E-state index contributed by atoms with van der Waals surface area (Å²) in [4.78, 5) is 12.2. The lowest BCUT2D eigenvalue weighted by atomic mass is 10.1. The van der Waals surface area contributed by atoms with E-state index in [0.717, 1.165) is 11.1 Å². The molecular formula is C17H16O4S. The highest BCUT2D eigenvalue weighted by Crippen LogP contribution is 2.11. The van der Waals surface area contributed by atoms with Crippen LogP contribution in [0.4, 0.5) is 0 Å². The largest absolute Gasteiger partial charge is 0.457 e. The minimum absolute atomic E-state index is 0.223. The summed E-state index contributed by atoms with van der Waals surface area (Å²) >= 11 is 0. The molecule has 0 aliphatic carbocycles. The zero-order valence-corrected chi connectivity index (χ0v) is 13.0. The number of hydrogen-bond acceptors (Lipinski definition) is 4. The summed E-state index contributed by atoms with van der Waals surface area (Å²) in [6, 6.07) is 15.7. The van der Waals surface area contributed by atoms with Gasteiger partial charge in [-0.2, -0.15) is 0 Å².